The topological polar surface area (TPSA) is 44.2 Å². The van der Waals surface area contributed by atoms with Crippen molar-refractivity contribution in [1.82, 2.24) is 9.97 Å². The minimum atomic E-state index is -3.05. The van der Waals surface area contributed by atoms with E-state index < -0.39 is 30.1 Å². The van der Waals surface area contributed by atoms with Crippen LogP contribution in [0.4, 0.5) is 8.78 Å². The van der Waals surface area contributed by atoms with Gasteiger partial charge in [0.15, 0.2) is 5.82 Å². The first-order chi connectivity index (χ1) is 8.53. The van der Waals surface area contributed by atoms with Crippen LogP contribution in [-0.2, 0) is 15.2 Å². The third-order valence-corrected chi connectivity index (χ3v) is 3.59. The Morgan fingerprint density at radius 3 is 1.84 bits per heavy atom. The van der Waals surface area contributed by atoms with Crippen molar-refractivity contribution in [2.24, 2.45) is 0 Å². The lowest BCUT2D eigenvalue weighted by atomic mass is 9.81. The SMILES string of the molecule is CC(F)(F)c1ncc(B2OC(C)(C)C(C)(C)O2)cn1. The standard InChI is InChI=1S/C12H17BF2N2O2/c1-10(2)11(3,4)19-13(18-10)8-6-16-9(17-7-8)12(5,14)15/h6-7H,1-5H3. The Hall–Kier alpha value is -1.08. The molecule has 0 saturated carbocycles. The summed E-state index contributed by atoms with van der Waals surface area (Å²) in [5.74, 6) is -3.55. The molecule has 0 aliphatic carbocycles. The summed E-state index contributed by atoms with van der Waals surface area (Å²) in [5, 5.41) is 0. The molecule has 1 aliphatic heterocycles. The lowest BCUT2D eigenvalue weighted by Crippen LogP contribution is -2.41. The van der Waals surface area contributed by atoms with Crippen LogP contribution < -0.4 is 5.46 Å². The second-order valence-electron chi connectivity index (χ2n) is 5.82. The monoisotopic (exact) mass is 270 g/mol. The van der Waals surface area contributed by atoms with E-state index in [2.05, 4.69) is 9.97 Å². The lowest BCUT2D eigenvalue weighted by Gasteiger charge is -2.32. The van der Waals surface area contributed by atoms with Crippen LogP contribution in [0, 0.1) is 0 Å². The molecule has 104 valence electrons. The summed E-state index contributed by atoms with van der Waals surface area (Å²) in [4.78, 5) is 7.34. The molecule has 4 nitrogen and oxygen atoms in total. The Morgan fingerprint density at radius 1 is 1.05 bits per heavy atom. The largest absolute Gasteiger partial charge is 0.498 e. The molecule has 0 unspecified atom stereocenters. The highest BCUT2D eigenvalue weighted by atomic mass is 19.3. The van der Waals surface area contributed by atoms with Gasteiger partial charge >= 0.3 is 13.0 Å². The number of hydrogen-bond acceptors (Lipinski definition) is 4. The third-order valence-electron chi connectivity index (χ3n) is 3.59. The molecule has 19 heavy (non-hydrogen) atoms. The van der Waals surface area contributed by atoms with Crippen molar-refractivity contribution in [2.45, 2.75) is 51.7 Å². The van der Waals surface area contributed by atoms with Gasteiger partial charge in [-0.1, -0.05) is 0 Å². The van der Waals surface area contributed by atoms with Crippen LogP contribution in [0.1, 0.15) is 40.4 Å². The maximum Gasteiger partial charge on any atom is 0.498 e. The number of rotatable bonds is 2. The molecular formula is C12H17BF2N2O2. The second kappa shape index (κ2) is 4.21. The van der Waals surface area contributed by atoms with Gasteiger partial charge in [-0.3, -0.25) is 0 Å². The molecule has 1 aliphatic rings. The molecular weight excluding hydrogens is 253 g/mol. The van der Waals surface area contributed by atoms with Crippen molar-refractivity contribution in [1.29, 1.82) is 0 Å². The zero-order valence-corrected chi connectivity index (χ0v) is 11.7. The summed E-state index contributed by atoms with van der Waals surface area (Å²) in [7, 11) is -0.635. The number of halogens is 2. The Bertz CT molecular complexity index is 456. The van der Waals surface area contributed by atoms with E-state index in [9.17, 15) is 8.78 Å². The van der Waals surface area contributed by atoms with E-state index in [4.69, 9.17) is 9.31 Å². The molecule has 0 aromatic carbocycles. The van der Waals surface area contributed by atoms with E-state index in [0.717, 1.165) is 6.92 Å². The quantitative estimate of drug-likeness (QED) is 0.770. The number of alkyl halides is 2. The summed E-state index contributed by atoms with van der Waals surface area (Å²) in [6.07, 6.45) is 2.64. The zero-order chi connectivity index (χ0) is 14.5. The maximum atomic E-state index is 13.0. The van der Waals surface area contributed by atoms with E-state index in [1.165, 1.54) is 12.4 Å². The van der Waals surface area contributed by atoms with Crippen molar-refractivity contribution in [2.75, 3.05) is 0 Å². The van der Waals surface area contributed by atoms with Crippen LogP contribution in [0.3, 0.4) is 0 Å². The molecule has 1 aromatic heterocycles. The van der Waals surface area contributed by atoms with Crippen molar-refractivity contribution >= 4 is 12.6 Å². The number of nitrogens with zero attached hydrogens (tertiary/aromatic N) is 2. The second-order valence-corrected chi connectivity index (χ2v) is 5.82. The highest BCUT2D eigenvalue weighted by molar-refractivity contribution is 6.61. The van der Waals surface area contributed by atoms with Crippen LogP contribution in [0.15, 0.2) is 12.4 Å². The summed E-state index contributed by atoms with van der Waals surface area (Å²) < 4.78 is 37.6. The first kappa shape index (κ1) is 14.3. The summed E-state index contributed by atoms with van der Waals surface area (Å²) >= 11 is 0. The first-order valence-corrected chi connectivity index (χ1v) is 6.09. The van der Waals surface area contributed by atoms with Crippen LogP contribution in [0.25, 0.3) is 0 Å². The molecule has 0 radical (unpaired) electrons. The fourth-order valence-electron chi connectivity index (χ4n) is 1.67. The van der Waals surface area contributed by atoms with E-state index in [1.54, 1.807) is 0 Å². The minimum absolute atomic E-state index is 0.481. The molecule has 0 bridgehead atoms. The fraction of sp³-hybridized carbons (Fsp3) is 0.667. The smallest absolute Gasteiger partial charge is 0.399 e. The summed E-state index contributed by atoms with van der Waals surface area (Å²) in [6.45, 7) is 8.44. The van der Waals surface area contributed by atoms with Gasteiger partial charge in [-0.15, -0.1) is 0 Å². The molecule has 7 heteroatoms. The molecule has 1 saturated heterocycles. The maximum absolute atomic E-state index is 13.0. The number of hydrogen-bond donors (Lipinski definition) is 0. The van der Waals surface area contributed by atoms with Crippen LogP contribution >= 0.6 is 0 Å². The Kier molecular flexibility index (Phi) is 3.18. The van der Waals surface area contributed by atoms with Crippen molar-refractivity contribution in [3.63, 3.8) is 0 Å². The van der Waals surface area contributed by atoms with Gasteiger partial charge in [0.2, 0.25) is 0 Å². The average Bonchev–Trinajstić information content (AvgIpc) is 2.47. The van der Waals surface area contributed by atoms with Crippen molar-refractivity contribution in [3.05, 3.63) is 18.2 Å². The Balaban J connectivity index is 2.22. The van der Waals surface area contributed by atoms with Gasteiger partial charge < -0.3 is 9.31 Å². The summed E-state index contributed by atoms with van der Waals surface area (Å²) in [5.41, 5.74) is -0.428. The molecule has 1 fully saturated rings. The van der Waals surface area contributed by atoms with Crippen molar-refractivity contribution < 1.29 is 18.1 Å². The average molecular weight is 270 g/mol. The Labute approximate surface area is 111 Å². The molecule has 0 amide bonds. The van der Waals surface area contributed by atoms with Crippen LogP contribution in [-0.4, -0.2) is 28.3 Å². The molecule has 2 rings (SSSR count). The number of aromatic nitrogens is 2. The summed E-state index contributed by atoms with van der Waals surface area (Å²) in [6, 6.07) is 0. The van der Waals surface area contributed by atoms with Gasteiger partial charge in [-0.05, 0) is 27.7 Å². The first-order valence-electron chi connectivity index (χ1n) is 6.09. The van der Waals surface area contributed by atoms with Crippen LogP contribution in [0.2, 0.25) is 0 Å². The Morgan fingerprint density at radius 2 is 1.47 bits per heavy atom. The van der Waals surface area contributed by atoms with Gasteiger partial charge in [-0.25, -0.2) is 9.97 Å². The third kappa shape index (κ3) is 2.62. The molecule has 2 heterocycles. The normalized spacial score (nSPS) is 21.7. The highest BCUT2D eigenvalue weighted by Crippen LogP contribution is 2.36. The lowest BCUT2D eigenvalue weighted by molar-refractivity contribution is 0.00578. The van der Waals surface area contributed by atoms with E-state index in [0.29, 0.717) is 5.46 Å². The van der Waals surface area contributed by atoms with E-state index in [-0.39, 0.29) is 0 Å². The zero-order valence-electron chi connectivity index (χ0n) is 11.7. The van der Waals surface area contributed by atoms with Gasteiger partial charge in [0, 0.05) is 24.8 Å². The fourth-order valence-corrected chi connectivity index (χ4v) is 1.67. The molecule has 0 atom stereocenters. The molecule has 1 aromatic rings. The van der Waals surface area contributed by atoms with E-state index >= 15 is 0 Å². The van der Waals surface area contributed by atoms with Gasteiger partial charge in [-0.2, -0.15) is 8.78 Å². The predicted octanol–water partition coefficient (Wildman–Crippen LogP) is 1.89. The van der Waals surface area contributed by atoms with Gasteiger partial charge in [0.1, 0.15) is 0 Å². The predicted molar refractivity (Wildman–Crippen MR) is 67.3 cm³/mol. The van der Waals surface area contributed by atoms with E-state index in [1.807, 2.05) is 27.7 Å². The molecule has 0 N–H and O–H groups in total. The van der Waals surface area contributed by atoms with Gasteiger partial charge in [0.05, 0.1) is 11.2 Å². The molecule has 0 spiro atoms. The van der Waals surface area contributed by atoms with Crippen LogP contribution in [0.5, 0.6) is 0 Å². The van der Waals surface area contributed by atoms with Gasteiger partial charge in [0.25, 0.3) is 0 Å². The highest BCUT2D eigenvalue weighted by Gasteiger charge is 2.52. The van der Waals surface area contributed by atoms with Crippen molar-refractivity contribution in [3.8, 4) is 0 Å². The minimum Gasteiger partial charge on any atom is -0.399 e.